The van der Waals surface area contributed by atoms with E-state index < -0.39 is 0 Å². The maximum atomic E-state index is 5.99. The van der Waals surface area contributed by atoms with Gasteiger partial charge in [0.1, 0.15) is 5.75 Å². The molecule has 5 heteroatoms. The number of nitrogens with zero attached hydrogens (tertiary/aromatic N) is 2. The van der Waals surface area contributed by atoms with Gasteiger partial charge in [-0.1, -0.05) is 6.07 Å². The number of guanidine groups is 1. The standard InChI is InChI=1S/C13H19N3OS/c1-17-12-5-3-4-10(8-12)16-11(6-7-18-2)9-15-13(16)14/h3-5,8,11H,6-7,9H2,1-2H3,(H2,14,15). The molecule has 0 saturated heterocycles. The van der Waals surface area contributed by atoms with Gasteiger partial charge in [0.25, 0.3) is 0 Å². The maximum absolute atomic E-state index is 5.99. The minimum atomic E-state index is 0.365. The van der Waals surface area contributed by atoms with E-state index in [2.05, 4.69) is 16.1 Å². The van der Waals surface area contributed by atoms with Crippen LogP contribution < -0.4 is 15.4 Å². The van der Waals surface area contributed by atoms with Crippen molar-refractivity contribution >= 4 is 23.4 Å². The van der Waals surface area contributed by atoms with Crippen LogP contribution in [0.1, 0.15) is 6.42 Å². The van der Waals surface area contributed by atoms with Crippen molar-refractivity contribution in [2.45, 2.75) is 12.5 Å². The first kappa shape index (κ1) is 13.1. The molecule has 0 amide bonds. The third kappa shape index (κ3) is 2.72. The number of nitrogens with two attached hydrogens (primary N) is 1. The van der Waals surface area contributed by atoms with E-state index in [1.807, 2.05) is 36.0 Å². The molecule has 2 N–H and O–H groups in total. The van der Waals surface area contributed by atoms with Crippen LogP contribution in [0.4, 0.5) is 5.69 Å². The molecule has 0 radical (unpaired) electrons. The predicted octanol–water partition coefficient (Wildman–Crippen LogP) is 1.95. The number of rotatable bonds is 5. The van der Waals surface area contributed by atoms with Gasteiger partial charge in [-0.3, -0.25) is 4.99 Å². The molecule has 1 heterocycles. The topological polar surface area (TPSA) is 50.9 Å². The highest BCUT2D eigenvalue weighted by molar-refractivity contribution is 7.98. The molecule has 1 aromatic carbocycles. The zero-order valence-electron chi connectivity index (χ0n) is 10.8. The summed E-state index contributed by atoms with van der Waals surface area (Å²) in [7, 11) is 1.67. The Kier molecular flexibility index (Phi) is 4.36. The number of ether oxygens (including phenoxy) is 1. The molecule has 0 bridgehead atoms. The summed E-state index contributed by atoms with van der Waals surface area (Å²) in [5.74, 6) is 2.57. The van der Waals surface area contributed by atoms with Crippen molar-refractivity contribution in [3.05, 3.63) is 24.3 Å². The number of methoxy groups -OCH3 is 1. The minimum absolute atomic E-state index is 0.365. The summed E-state index contributed by atoms with van der Waals surface area (Å²) in [6, 6.07) is 8.32. The second kappa shape index (κ2) is 6.00. The Hall–Kier alpha value is -1.36. The van der Waals surface area contributed by atoms with Crippen molar-refractivity contribution in [2.24, 2.45) is 10.7 Å². The first-order valence-corrected chi connectivity index (χ1v) is 7.37. The van der Waals surface area contributed by atoms with Crippen molar-refractivity contribution in [1.29, 1.82) is 0 Å². The van der Waals surface area contributed by atoms with E-state index in [0.29, 0.717) is 12.0 Å². The van der Waals surface area contributed by atoms with E-state index in [9.17, 15) is 0 Å². The Morgan fingerprint density at radius 1 is 1.56 bits per heavy atom. The van der Waals surface area contributed by atoms with E-state index in [-0.39, 0.29) is 0 Å². The summed E-state index contributed by atoms with van der Waals surface area (Å²) < 4.78 is 5.25. The van der Waals surface area contributed by atoms with Gasteiger partial charge < -0.3 is 15.4 Å². The van der Waals surface area contributed by atoms with Crippen LogP contribution in [-0.4, -0.2) is 37.7 Å². The first-order valence-electron chi connectivity index (χ1n) is 5.98. The minimum Gasteiger partial charge on any atom is -0.497 e. The van der Waals surface area contributed by atoms with Crippen molar-refractivity contribution in [3.63, 3.8) is 0 Å². The lowest BCUT2D eigenvalue weighted by Crippen LogP contribution is -2.41. The number of hydrogen-bond donors (Lipinski definition) is 1. The SMILES string of the molecule is COc1cccc(N2C(N)=NCC2CCSC)c1. The van der Waals surface area contributed by atoms with Crippen LogP contribution in [-0.2, 0) is 0 Å². The second-order valence-corrected chi connectivity index (χ2v) is 5.19. The van der Waals surface area contributed by atoms with Crippen molar-refractivity contribution < 1.29 is 4.74 Å². The molecule has 1 unspecified atom stereocenters. The van der Waals surface area contributed by atoms with Crippen LogP contribution >= 0.6 is 11.8 Å². The zero-order valence-corrected chi connectivity index (χ0v) is 11.6. The molecular weight excluding hydrogens is 246 g/mol. The van der Waals surface area contributed by atoms with Gasteiger partial charge >= 0.3 is 0 Å². The van der Waals surface area contributed by atoms with Crippen molar-refractivity contribution in [2.75, 3.05) is 30.6 Å². The summed E-state index contributed by atoms with van der Waals surface area (Å²) in [5, 5.41) is 0. The molecule has 0 aliphatic carbocycles. The highest BCUT2D eigenvalue weighted by Crippen LogP contribution is 2.26. The van der Waals surface area contributed by atoms with E-state index in [1.165, 1.54) is 0 Å². The van der Waals surface area contributed by atoms with Crippen LogP contribution in [0.3, 0.4) is 0 Å². The largest absolute Gasteiger partial charge is 0.497 e. The number of benzene rings is 1. The third-order valence-corrected chi connectivity index (χ3v) is 3.71. The predicted molar refractivity (Wildman–Crippen MR) is 78.7 cm³/mol. The average molecular weight is 265 g/mol. The fraction of sp³-hybridized carbons (Fsp3) is 0.462. The van der Waals surface area contributed by atoms with Gasteiger partial charge in [-0.15, -0.1) is 0 Å². The summed E-state index contributed by atoms with van der Waals surface area (Å²) in [6.07, 6.45) is 3.21. The second-order valence-electron chi connectivity index (χ2n) is 4.21. The van der Waals surface area contributed by atoms with Crippen LogP contribution in [0.5, 0.6) is 5.75 Å². The smallest absolute Gasteiger partial charge is 0.196 e. The van der Waals surface area contributed by atoms with Crippen molar-refractivity contribution in [1.82, 2.24) is 0 Å². The summed E-state index contributed by atoms with van der Waals surface area (Å²) >= 11 is 1.85. The molecule has 2 rings (SSSR count). The maximum Gasteiger partial charge on any atom is 0.196 e. The Balaban J connectivity index is 2.19. The number of aliphatic imine (C=N–C) groups is 1. The fourth-order valence-corrected chi connectivity index (χ4v) is 2.63. The molecule has 0 aromatic heterocycles. The monoisotopic (exact) mass is 265 g/mol. The quantitative estimate of drug-likeness (QED) is 0.884. The van der Waals surface area contributed by atoms with Crippen LogP contribution in [0.15, 0.2) is 29.3 Å². The molecule has 0 saturated carbocycles. The Labute approximate surface area is 112 Å². The van der Waals surface area contributed by atoms with E-state index in [0.717, 1.165) is 30.2 Å². The lowest BCUT2D eigenvalue weighted by Gasteiger charge is -2.26. The highest BCUT2D eigenvalue weighted by atomic mass is 32.2. The van der Waals surface area contributed by atoms with Gasteiger partial charge in [0.2, 0.25) is 0 Å². The third-order valence-electron chi connectivity index (χ3n) is 3.06. The summed E-state index contributed by atoms with van der Waals surface area (Å²) in [6.45, 7) is 0.781. The molecule has 1 aromatic rings. The van der Waals surface area contributed by atoms with E-state index >= 15 is 0 Å². The lowest BCUT2D eigenvalue weighted by atomic mass is 10.2. The van der Waals surface area contributed by atoms with E-state index in [4.69, 9.17) is 10.5 Å². The normalized spacial score (nSPS) is 18.9. The van der Waals surface area contributed by atoms with Crippen LogP contribution in [0.25, 0.3) is 0 Å². The fourth-order valence-electron chi connectivity index (χ4n) is 2.12. The Morgan fingerprint density at radius 2 is 2.39 bits per heavy atom. The number of thioether (sulfide) groups is 1. The number of anilines is 1. The van der Waals surface area contributed by atoms with Gasteiger partial charge in [0.15, 0.2) is 5.96 Å². The zero-order chi connectivity index (χ0) is 13.0. The van der Waals surface area contributed by atoms with Gasteiger partial charge in [0.05, 0.1) is 19.7 Å². The molecule has 0 spiro atoms. The lowest BCUT2D eigenvalue weighted by molar-refractivity contribution is 0.415. The van der Waals surface area contributed by atoms with Gasteiger partial charge in [-0.25, -0.2) is 0 Å². The van der Waals surface area contributed by atoms with Gasteiger partial charge in [0, 0.05) is 11.8 Å². The molecule has 1 atom stereocenters. The summed E-state index contributed by atoms with van der Waals surface area (Å²) in [4.78, 5) is 6.46. The first-order chi connectivity index (χ1) is 8.76. The van der Waals surface area contributed by atoms with Gasteiger partial charge in [-0.05, 0) is 30.6 Å². The van der Waals surface area contributed by atoms with E-state index in [1.54, 1.807) is 7.11 Å². The van der Waals surface area contributed by atoms with Crippen LogP contribution in [0.2, 0.25) is 0 Å². The molecule has 0 fully saturated rings. The van der Waals surface area contributed by atoms with Crippen molar-refractivity contribution in [3.8, 4) is 5.75 Å². The molecule has 18 heavy (non-hydrogen) atoms. The molecular formula is C13H19N3OS. The molecule has 4 nitrogen and oxygen atoms in total. The molecule has 98 valence electrons. The Bertz CT molecular complexity index is 436. The van der Waals surface area contributed by atoms with Crippen LogP contribution in [0, 0.1) is 0 Å². The highest BCUT2D eigenvalue weighted by Gasteiger charge is 2.27. The van der Waals surface area contributed by atoms with Gasteiger partial charge in [-0.2, -0.15) is 11.8 Å². The number of hydrogen-bond acceptors (Lipinski definition) is 5. The molecule has 1 aliphatic rings. The Morgan fingerprint density at radius 3 is 3.11 bits per heavy atom. The summed E-state index contributed by atoms with van der Waals surface area (Å²) in [5.41, 5.74) is 7.05. The molecule has 1 aliphatic heterocycles. The average Bonchev–Trinajstić information content (AvgIpc) is 2.77.